The van der Waals surface area contributed by atoms with Crippen LogP contribution in [0.3, 0.4) is 0 Å². The van der Waals surface area contributed by atoms with Crippen LogP contribution in [0.5, 0.6) is 0 Å². The molecule has 2 bridgehead atoms. The van der Waals surface area contributed by atoms with Crippen LogP contribution >= 0.6 is 0 Å². The first-order valence-electron chi connectivity index (χ1n) is 12.0. The van der Waals surface area contributed by atoms with Gasteiger partial charge in [0.2, 0.25) is 17.7 Å². The quantitative estimate of drug-likeness (QED) is 0.549. The number of fused-ring (bicyclic) bond motifs is 1. The zero-order valence-corrected chi connectivity index (χ0v) is 19.8. The standard InChI is InChI=1S/C25H35N3O5/c1-5-13-26-21(30)18-19-23(32)28(17(14-29)16-9-7-6-8-10-16)20(22(31)27-15(2)3)25(19)12-11-24(18,4)33-25/h6-10,15,17-20,29H,5,11-14H2,1-4H3,(H,26,30)(H,27,31)/t17-,18-,19+,20?,24+,25?/m1/s1. The lowest BCUT2D eigenvalue weighted by Crippen LogP contribution is -2.57. The molecule has 0 aromatic heterocycles. The molecule has 0 saturated carbocycles. The summed E-state index contributed by atoms with van der Waals surface area (Å²) < 4.78 is 6.57. The Labute approximate surface area is 195 Å². The molecule has 3 aliphatic rings. The lowest BCUT2D eigenvalue weighted by atomic mass is 9.66. The molecule has 0 aliphatic carbocycles. The van der Waals surface area contributed by atoms with E-state index in [0.29, 0.717) is 19.4 Å². The van der Waals surface area contributed by atoms with E-state index in [1.807, 2.05) is 58.0 Å². The van der Waals surface area contributed by atoms with Gasteiger partial charge in [-0.25, -0.2) is 0 Å². The number of carbonyl (C=O) groups is 3. The molecule has 3 N–H and O–H groups in total. The molecule has 3 aliphatic heterocycles. The first kappa shape index (κ1) is 23.7. The van der Waals surface area contributed by atoms with Crippen LogP contribution in [-0.4, -0.2) is 64.2 Å². The van der Waals surface area contributed by atoms with Crippen LogP contribution in [-0.2, 0) is 19.1 Å². The highest BCUT2D eigenvalue weighted by Crippen LogP contribution is 2.64. The highest BCUT2D eigenvalue weighted by molar-refractivity contribution is 5.99. The van der Waals surface area contributed by atoms with Crippen LogP contribution in [0.15, 0.2) is 30.3 Å². The Morgan fingerprint density at radius 1 is 1.21 bits per heavy atom. The van der Waals surface area contributed by atoms with Crippen molar-refractivity contribution in [3.05, 3.63) is 35.9 Å². The highest BCUT2D eigenvalue weighted by atomic mass is 16.5. The van der Waals surface area contributed by atoms with Crippen molar-refractivity contribution in [2.75, 3.05) is 13.2 Å². The second kappa shape index (κ2) is 8.72. The topological polar surface area (TPSA) is 108 Å². The Kier molecular flexibility index (Phi) is 6.26. The number of benzene rings is 1. The zero-order chi connectivity index (χ0) is 24.0. The van der Waals surface area contributed by atoms with Crippen molar-refractivity contribution in [2.24, 2.45) is 11.8 Å². The van der Waals surface area contributed by atoms with Crippen LogP contribution < -0.4 is 10.6 Å². The molecule has 3 heterocycles. The molecule has 1 aromatic carbocycles. The van der Waals surface area contributed by atoms with Gasteiger partial charge in [-0.15, -0.1) is 0 Å². The van der Waals surface area contributed by atoms with Crippen molar-refractivity contribution in [2.45, 2.75) is 76.3 Å². The van der Waals surface area contributed by atoms with Gasteiger partial charge >= 0.3 is 0 Å². The number of aliphatic hydroxyl groups is 1. The maximum atomic E-state index is 14.1. The third-order valence-corrected chi connectivity index (χ3v) is 7.42. The first-order chi connectivity index (χ1) is 15.7. The number of rotatable bonds is 8. The molecule has 180 valence electrons. The molecule has 8 heteroatoms. The summed E-state index contributed by atoms with van der Waals surface area (Å²) in [5.41, 5.74) is -1.16. The second-order valence-electron chi connectivity index (χ2n) is 10.0. The Bertz CT molecular complexity index is 922. The minimum absolute atomic E-state index is 0.132. The third-order valence-electron chi connectivity index (χ3n) is 7.42. The Hall–Kier alpha value is -2.45. The summed E-state index contributed by atoms with van der Waals surface area (Å²) in [6.45, 7) is 7.76. The molecule has 4 rings (SSSR count). The number of nitrogens with zero attached hydrogens (tertiary/aromatic N) is 1. The number of hydrogen-bond donors (Lipinski definition) is 3. The monoisotopic (exact) mass is 457 g/mol. The van der Waals surface area contributed by atoms with Crippen molar-refractivity contribution >= 4 is 17.7 Å². The molecule has 6 atom stereocenters. The van der Waals surface area contributed by atoms with E-state index >= 15 is 0 Å². The van der Waals surface area contributed by atoms with Gasteiger partial charge in [0, 0.05) is 12.6 Å². The van der Waals surface area contributed by atoms with Gasteiger partial charge in [-0.05, 0) is 45.6 Å². The van der Waals surface area contributed by atoms with E-state index in [1.165, 1.54) is 4.90 Å². The Morgan fingerprint density at radius 2 is 1.91 bits per heavy atom. The summed E-state index contributed by atoms with van der Waals surface area (Å²) in [6.07, 6.45) is 1.89. The summed E-state index contributed by atoms with van der Waals surface area (Å²) in [4.78, 5) is 42.4. The molecule has 3 fully saturated rings. The summed E-state index contributed by atoms with van der Waals surface area (Å²) in [5.74, 6) is -2.27. The fourth-order valence-corrected chi connectivity index (χ4v) is 6.15. The number of ether oxygens (including phenoxy) is 1. The van der Waals surface area contributed by atoms with Crippen molar-refractivity contribution in [1.29, 1.82) is 0 Å². The predicted molar refractivity (Wildman–Crippen MR) is 122 cm³/mol. The van der Waals surface area contributed by atoms with E-state index in [2.05, 4.69) is 10.6 Å². The normalized spacial score (nSPS) is 33.3. The summed E-state index contributed by atoms with van der Waals surface area (Å²) >= 11 is 0. The van der Waals surface area contributed by atoms with Crippen molar-refractivity contribution in [3.63, 3.8) is 0 Å². The largest absolute Gasteiger partial charge is 0.394 e. The average molecular weight is 458 g/mol. The molecular weight excluding hydrogens is 422 g/mol. The van der Waals surface area contributed by atoms with E-state index in [9.17, 15) is 19.5 Å². The molecular formula is C25H35N3O5. The van der Waals surface area contributed by atoms with Gasteiger partial charge in [0.05, 0.1) is 30.1 Å². The van der Waals surface area contributed by atoms with Crippen molar-refractivity contribution < 1.29 is 24.2 Å². The van der Waals surface area contributed by atoms with Gasteiger partial charge in [0.1, 0.15) is 11.6 Å². The lowest BCUT2D eigenvalue weighted by molar-refractivity contribution is -0.150. The van der Waals surface area contributed by atoms with Crippen molar-refractivity contribution in [1.82, 2.24) is 15.5 Å². The molecule has 33 heavy (non-hydrogen) atoms. The van der Waals surface area contributed by atoms with Crippen molar-refractivity contribution in [3.8, 4) is 0 Å². The number of likely N-dealkylation sites (tertiary alicyclic amines) is 1. The van der Waals surface area contributed by atoms with Crippen LogP contribution in [0, 0.1) is 11.8 Å². The highest BCUT2D eigenvalue weighted by Gasteiger charge is 2.78. The predicted octanol–water partition coefficient (Wildman–Crippen LogP) is 1.54. The third kappa shape index (κ3) is 3.64. The smallest absolute Gasteiger partial charge is 0.246 e. The number of amides is 3. The van der Waals surface area contributed by atoms with Crippen LogP contribution in [0.2, 0.25) is 0 Å². The second-order valence-corrected chi connectivity index (χ2v) is 10.0. The van der Waals surface area contributed by atoms with E-state index in [4.69, 9.17) is 4.74 Å². The van der Waals surface area contributed by atoms with Crippen LogP contribution in [0.4, 0.5) is 0 Å². The molecule has 0 radical (unpaired) electrons. The van der Waals surface area contributed by atoms with Gasteiger partial charge in [-0.1, -0.05) is 37.3 Å². The fourth-order valence-electron chi connectivity index (χ4n) is 6.15. The van der Waals surface area contributed by atoms with E-state index in [1.54, 1.807) is 0 Å². The minimum atomic E-state index is -1.10. The number of aliphatic hydroxyl groups excluding tert-OH is 1. The van der Waals surface area contributed by atoms with E-state index in [0.717, 1.165) is 12.0 Å². The minimum Gasteiger partial charge on any atom is -0.394 e. The SMILES string of the molecule is CCCNC(=O)[C@H]1[C@H]2C(=O)N([C@H](CO)c3ccccc3)C(C(=O)NC(C)C)C23CC[C@]1(C)O3. The summed E-state index contributed by atoms with van der Waals surface area (Å²) in [6, 6.07) is 7.43. The summed E-state index contributed by atoms with van der Waals surface area (Å²) in [5, 5.41) is 16.3. The zero-order valence-electron chi connectivity index (χ0n) is 19.8. The number of nitrogens with one attached hydrogen (secondary N) is 2. The number of carbonyl (C=O) groups excluding carboxylic acids is 3. The molecule has 1 aromatic rings. The lowest BCUT2D eigenvalue weighted by Gasteiger charge is -2.37. The first-order valence-corrected chi connectivity index (χ1v) is 12.0. The molecule has 2 unspecified atom stereocenters. The van der Waals surface area contributed by atoms with Gasteiger partial charge < -0.3 is 25.4 Å². The molecule has 1 spiro atoms. The average Bonchev–Trinajstić information content (AvgIpc) is 3.34. The molecule has 3 saturated heterocycles. The van der Waals surface area contributed by atoms with Crippen LogP contribution in [0.1, 0.15) is 58.6 Å². The summed E-state index contributed by atoms with van der Waals surface area (Å²) in [7, 11) is 0. The molecule has 3 amide bonds. The maximum Gasteiger partial charge on any atom is 0.246 e. The van der Waals surface area contributed by atoms with Gasteiger partial charge in [-0.3, -0.25) is 14.4 Å². The maximum absolute atomic E-state index is 14.1. The Balaban J connectivity index is 1.81. The molecule has 8 nitrogen and oxygen atoms in total. The fraction of sp³-hybridized carbons (Fsp3) is 0.640. The van der Waals surface area contributed by atoms with Gasteiger partial charge in [0.15, 0.2) is 0 Å². The number of hydrogen-bond acceptors (Lipinski definition) is 5. The van der Waals surface area contributed by atoms with Gasteiger partial charge in [0.25, 0.3) is 0 Å². The van der Waals surface area contributed by atoms with E-state index in [-0.39, 0.29) is 30.4 Å². The van der Waals surface area contributed by atoms with Crippen LogP contribution in [0.25, 0.3) is 0 Å². The van der Waals surface area contributed by atoms with Gasteiger partial charge in [-0.2, -0.15) is 0 Å². The Morgan fingerprint density at radius 3 is 2.52 bits per heavy atom. The van der Waals surface area contributed by atoms with E-state index < -0.39 is 35.1 Å².